The Hall–Kier alpha value is -3.41. The number of nitrogens with one attached hydrogen (secondary N) is 1. The highest BCUT2D eigenvalue weighted by molar-refractivity contribution is 6.00. The third kappa shape index (κ3) is 2.75. The summed E-state index contributed by atoms with van der Waals surface area (Å²) in [5.74, 6) is -2.50. The number of pyridine rings is 1. The van der Waals surface area contributed by atoms with Gasteiger partial charge in [0.25, 0.3) is 0 Å². The minimum Gasteiger partial charge on any atom is -0.545 e. The Morgan fingerprint density at radius 1 is 0.962 bits per heavy atom. The second-order valence-electron chi connectivity index (χ2n) is 6.28. The van der Waals surface area contributed by atoms with E-state index in [0.717, 1.165) is 36.2 Å². The number of carbonyl (C=O) groups is 2. The Morgan fingerprint density at radius 2 is 1.73 bits per heavy atom. The van der Waals surface area contributed by atoms with Gasteiger partial charge < -0.3 is 25.1 Å². The molecule has 1 aromatic heterocycles. The molecule has 0 saturated heterocycles. The van der Waals surface area contributed by atoms with Crippen LogP contribution in [0.3, 0.4) is 0 Å². The summed E-state index contributed by atoms with van der Waals surface area (Å²) in [7, 11) is 0. The number of aromatic carboxylic acids is 2. The number of carboxylic acids is 2. The summed E-state index contributed by atoms with van der Waals surface area (Å²) in [4.78, 5) is 27.0. The molecule has 6 heteroatoms. The molecular weight excluding hydrogens is 332 g/mol. The van der Waals surface area contributed by atoms with Crippen LogP contribution in [-0.4, -0.2) is 16.9 Å². The third-order valence-corrected chi connectivity index (χ3v) is 4.62. The van der Waals surface area contributed by atoms with Gasteiger partial charge in [0, 0.05) is 16.8 Å². The lowest BCUT2D eigenvalue weighted by molar-refractivity contribution is -0.256. The molecule has 0 radical (unpaired) electrons. The second-order valence-corrected chi connectivity index (χ2v) is 6.28. The van der Waals surface area contributed by atoms with Gasteiger partial charge in [0.15, 0.2) is 0 Å². The van der Waals surface area contributed by atoms with Crippen LogP contribution in [0.1, 0.15) is 38.4 Å². The van der Waals surface area contributed by atoms with Crippen LogP contribution in [-0.2, 0) is 12.8 Å². The standard InChI is InChI=1S/C20H16N2O4/c23-19(24)11-3-1-4-13(9-11)21-18-14-5-2-6-16(14)22-17-8-7-12(20(25)26)10-15(17)18/h1,3-4,7-10H,2,5-6H2,(H,21,22)(H,23,24)(H,25,26)/p-2. The summed E-state index contributed by atoms with van der Waals surface area (Å²) in [5, 5.41) is 26.3. The van der Waals surface area contributed by atoms with Crippen molar-refractivity contribution in [2.24, 2.45) is 0 Å². The lowest BCUT2D eigenvalue weighted by Crippen LogP contribution is -2.22. The zero-order valence-corrected chi connectivity index (χ0v) is 13.7. The van der Waals surface area contributed by atoms with E-state index in [9.17, 15) is 19.8 Å². The number of aryl methyl sites for hydroxylation is 1. The topological polar surface area (TPSA) is 105 Å². The maximum atomic E-state index is 11.2. The first-order valence-electron chi connectivity index (χ1n) is 8.28. The molecule has 130 valence electrons. The monoisotopic (exact) mass is 346 g/mol. The molecule has 0 atom stereocenters. The van der Waals surface area contributed by atoms with Gasteiger partial charge >= 0.3 is 0 Å². The molecule has 6 nitrogen and oxygen atoms in total. The number of rotatable bonds is 4. The van der Waals surface area contributed by atoms with Crippen molar-refractivity contribution in [1.82, 2.24) is 4.98 Å². The van der Waals surface area contributed by atoms with E-state index in [1.54, 1.807) is 24.3 Å². The first kappa shape index (κ1) is 16.1. The van der Waals surface area contributed by atoms with Crippen molar-refractivity contribution in [3.8, 4) is 0 Å². The van der Waals surface area contributed by atoms with Crippen LogP contribution in [0.25, 0.3) is 10.9 Å². The lowest BCUT2D eigenvalue weighted by atomic mass is 10.0. The average molecular weight is 346 g/mol. The minimum absolute atomic E-state index is 0.0698. The van der Waals surface area contributed by atoms with Crippen LogP contribution < -0.4 is 15.5 Å². The first-order valence-corrected chi connectivity index (χ1v) is 8.28. The highest BCUT2D eigenvalue weighted by Crippen LogP contribution is 2.36. The number of hydrogen-bond acceptors (Lipinski definition) is 6. The molecule has 0 bridgehead atoms. The van der Waals surface area contributed by atoms with Crippen molar-refractivity contribution in [3.63, 3.8) is 0 Å². The molecule has 1 N–H and O–H groups in total. The number of carbonyl (C=O) groups excluding carboxylic acids is 2. The van der Waals surface area contributed by atoms with Gasteiger partial charge in [-0.3, -0.25) is 4.98 Å². The maximum absolute atomic E-state index is 11.2. The SMILES string of the molecule is O=C([O-])c1cccc(Nc2c3c(nc4ccc(C(=O)[O-])cc24)CCC3)c1. The van der Waals surface area contributed by atoms with Crippen LogP contribution in [0.4, 0.5) is 11.4 Å². The number of nitrogens with zero attached hydrogens (tertiary/aromatic N) is 1. The molecule has 4 rings (SSSR count). The van der Waals surface area contributed by atoms with Crippen LogP contribution in [0, 0.1) is 0 Å². The Balaban J connectivity index is 1.89. The van der Waals surface area contributed by atoms with Gasteiger partial charge in [-0.2, -0.15) is 0 Å². The van der Waals surface area contributed by atoms with Gasteiger partial charge in [-0.15, -0.1) is 0 Å². The van der Waals surface area contributed by atoms with Crippen molar-refractivity contribution in [2.75, 3.05) is 5.32 Å². The molecule has 0 aliphatic heterocycles. The third-order valence-electron chi connectivity index (χ3n) is 4.62. The molecule has 1 heterocycles. The van der Waals surface area contributed by atoms with Gasteiger partial charge in [-0.05, 0) is 60.2 Å². The van der Waals surface area contributed by atoms with Gasteiger partial charge in [0.05, 0.1) is 23.1 Å². The molecule has 0 amide bonds. The van der Waals surface area contributed by atoms with E-state index in [2.05, 4.69) is 10.3 Å². The molecule has 1 aliphatic rings. The molecule has 0 unspecified atom stereocenters. The lowest BCUT2D eigenvalue weighted by Gasteiger charge is -2.16. The number of hydrogen-bond donors (Lipinski definition) is 1. The summed E-state index contributed by atoms with van der Waals surface area (Å²) in [5.41, 5.74) is 4.20. The van der Waals surface area contributed by atoms with Gasteiger partial charge in [0.1, 0.15) is 0 Å². The van der Waals surface area contributed by atoms with Crippen molar-refractivity contribution >= 4 is 34.2 Å². The summed E-state index contributed by atoms with van der Waals surface area (Å²) < 4.78 is 0. The Labute approximate surface area is 149 Å². The fourth-order valence-electron chi connectivity index (χ4n) is 3.40. The number of anilines is 2. The summed E-state index contributed by atoms with van der Waals surface area (Å²) in [6.07, 6.45) is 2.66. The summed E-state index contributed by atoms with van der Waals surface area (Å²) >= 11 is 0. The van der Waals surface area contributed by atoms with Crippen molar-refractivity contribution in [1.29, 1.82) is 0 Å². The Bertz CT molecular complexity index is 1060. The highest BCUT2D eigenvalue weighted by Gasteiger charge is 2.20. The first-order chi connectivity index (χ1) is 12.5. The smallest absolute Gasteiger partial charge is 0.0726 e. The molecular formula is C20H14N2O4-2. The van der Waals surface area contributed by atoms with E-state index in [1.807, 2.05) is 0 Å². The van der Waals surface area contributed by atoms with E-state index in [1.165, 1.54) is 18.2 Å². The average Bonchev–Trinajstić information content (AvgIpc) is 3.09. The Morgan fingerprint density at radius 3 is 2.50 bits per heavy atom. The van der Waals surface area contributed by atoms with E-state index >= 15 is 0 Å². The number of aromatic nitrogens is 1. The molecule has 0 spiro atoms. The van der Waals surface area contributed by atoms with Crippen molar-refractivity contribution in [3.05, 3.63) is 64.8 Å². The predicted octanol–water partition coefficient (Wildman–Crippen LogP) is 1.19. The van der Waals surface area contributed by atoms with Gasteiger partial charge in [0.2, 0.25) is 0 Å². The minimum atomic E-state index is -1.25. The van der Waals surface area contributed by atoms with Crippen LogP contribution in [0.15, 0.2) is 42.5 Å². The molecule has 26 heavy (non-hydrogen) atoms. The number of carboxylic acid groups (broad SMARTS) is 2. The Kier molecular flexibility index (Phi) is 3.80. The number of fused-ring (bicyclic) bond motifs is 2. The quantitative estimate of drug-likeness (QED) is 0.761. The van der Waals surface area contributed by atoms with E-state index in [-0.39, 0.29) is 11.1 Å². The highest BCUT2D eigenvalue weighted by atomic mass is 16.4. The largest absolute Gasteiger partial charge is 0.545 e. The zero-order valence-electron chi connectivity index (χ0n) is 13.7. The van der Waals surface area contributed by atoms with Crippen LogP contribution in [0.5, 0.6) is 0 Å². The summed E-state index contributed by atoms with van der Waals surface area (Å²) in [6, 6.07) is 11.0. The molecule has 2 aromatic carbocycles. The second kappa shape index (κ2) is 6.15. The van der Waals surface area contributed by atoms with Crippen LogP contribution in [0.2, 0.25) is 0 Å². The molecule has 0 saturated carbocycles. The van der Waals surface area contributed by atoms with E-state index in [4.69, 9.17) is 0 Å². The molecule has 3 aromatic rings. The predicted molar refractivity (Wildman–Crippen MR) is 92.2 cm³/mol. The molecule has 0 fully saturated rings. The van der Waals surface area contributed by atoms with E-state index < -0.39 is 11.9 Å². The maximum Gasteiger partial charge on any atom is 0.0726 e. The normalized spacial score (nSPS) is 12.8. The molecule has 1 aliphatic carbocycles. The fourth-order valence-corrected chi connectivity index (χ4v) is 3.40. The summed E-state index contributed by atoms with van der Waals surface area (Å²) in [6.45, 7) is 0. The van der Waals surface area contributed by atoms with Crippen molar-refractivity contribution in [2.45, 2.75) is 19.3 Å². The van der Waals surface area contributed by atoms with Gasteiger partial charge in [-0.1, -0.05) is 18.2 Å². The van der Waals surface area contributed by atoms with Crippen LogP contribution >= 0.6 is 0 Å². The zero-order chi connectivity index (χ0) is 18.3. The van der Waals surface area contributed by atoms with Gasteiger partial charge in [-0.25, -0.2) is 0 Å². The fraction of sp³-hybridized carbons (Fsp3) is 0.150. The van der Waals surface area contributed by atoms with Crippen molar-refractivity contribution < 1.29 is 19.8 Å². The van der Waals surface area contributed by atoms with E-state index in [0.29, 0.717) is 16.6 Å². The number of benzene rings is 2.